The van der Waals surface area contributed by atoms with Crippen LogP contribution in [0.2, 0.25) is 0 Å². The highest BCUT2D eigenvalue weighted by atomic mass is 14.8. The zero-order chi connectivity index (χ0) is 9.84. The van der Waals surface area contributed by atoms with Gasteiger partial charge in [0.15, 0.2) is 0 Å². The SMILES string of the molecule is CCC(C)[C@H](N)c1cccnc1N. The number of pyridine rings is 1. The molecule has 0 saturated heterocycles. The first kappa shape index (κ1) is 9.99. The summed E-state index contributed by atoms with van der Waals surface area (Å²) in [6.07, 6.45) is 2.73. The minimum Gasteiger partial charge on any atom is -0.383 e. The van der Waals surface area contributed by atoms with Crippen LogP contribution in [0, 0.1) is 5.92 Å². The molecule has 0 aromatic carbocycles. The van der Waals surface area contributed by atoms with Gasteiger partial charge in [-0.15, -0.1) is 0 Å². The molecule has 3 nitrogen and oxygen atoms in total. The minimum atomic E-state index is -0.00120. The van der Waals surface area contributed by atoms with E-state index in [0.717, 1.165) is 12.0 Å². The Labute approximate surface area is 79.2 Å². The summed E-state index contributed by atoms with van der Waals surface area (Å²) in [4.78, 5) is 4.01. The highest BCUT2D eigenvalue weighted by Gasteiger charge is 2.15. The highest BCUT2D eigenvalue weighted by Crippen LogP contribution is 2.24. The summed E-state index contributed by atoms with van der Waals surface area (Å²) in [6.45, 7) is 4.24. The molecular weight excluding hydrogens is 162 g/mol. The second kappa shape index (κ2) is 4.23. The lowest BCUT2D eigenvalue weighted by atomic mass is 9.94. The van der Waals surface area contributed by atoms with Crippen molar-refractivity contribution in [3.8, 4) is 0 Å². The van der Waals surface area contributed by atoms with Gasteiger partial charge >= 0.3 is 0 Å². The van der Waals surface area contributed by atoms with Crippen LogP contribution in [0.25, 0.3) is 0 Å². The molecule has 1 rings (SSSR count). The van der Waals surface area contributed by atoms with Crippen LogP contribution in [0.1, 0.15) is 31.9 Å². The predicted octanol–water partition coefficient (Wildman–Crippen LogP) is 1.71. The maximum Gasteiger partial charge on any atom is 0.128 e. The van der Waals surface area contributed by atoms with Gasteiger partial charge in [0.2, 0.25) is 0 Å². The van der Waals surface area contributed by atoms with Gasteiger partial charge in [-0.05, 0) is 12.0 Å². The second-order valence-electron chi connectivity index (χ2n) is 3.39. The van der Waals surface area contributed by atoms with Crippen molar-refractivity contribution in [2.75, 3.05) is 5.73 Å². The van der Waals surface area contributed by atoms with E-state index in [0.29, 0.717) is 11.7 Å². The number of nitrogens with two attached hydrogens (primary N) is 2. The number of nitrogen functional groups attached to an aromatic ring is 1. The molecule has 4 N–H and O–H groups in total. The summed E-state index contributed by atoms with van der Waals surface area (Å²) in [7, 11) is 0. The summed E-state index contributed by atoms with van der Waals surface area (Å²) in [5, 5.41) is 0. The largest absolute Gasteiger partial charge is 0.383 e. The van der Waals surface area contributed by atoms with Gasteiger partial charge in [0.05, 0.1) is 0 Å². The van der Waals surface area contributed by atoms with Gasteiger partial charge in [0, 0.05) is 17.8 Å². The van der Waals surface area contributed by atoms with Crippen LogP contribution < -0.4 is 11.5 Å². The fourth-order valence-electron chi connectivity index (χ4n) is 1.27. The number of hydrogen-bond acceptors (Lipinski definition) is 3. The maximum atomic E-state index is 6.03. The normalized spacial score (nSPS) is 15.3. The molecule has 0 fully saturated rings. The van der Waals surface area contributed by atoms with Crippen LogP contribution in [0.15, 0.2) is 18.3 Å². The van der Waals surface area contributed by atoms with E-state index in [1.807, 2.05) is 12.1 Å². The van der Waals surface area contributed by atoms with E-state index in [1.54, 1.807) is 6.20 Å². The quantitative estimate of drug-likeness (QED) is 0.742. The van der Waals surface area contributed by atoms with E-state index >= 15 is 0 Å². The van der Waals surface area contributed by atoms with Crippen LogP contribution in [0.5, 0.6) is 0 Å². The van der Waals surface area contributed by atoms with Gasteiger partial charge in [0.25, 0.3) is 0 Å². The molecule has 0 amide bonds. The van der Waals surface area contributed by atoms with E-state index in [2.05, 4.69) is 18.8 Å². The summed E-state index contributed by atoms with van der Waals surface area (Å²) in [5.74, 6) is 0.988. The highest BCUT2D eigenvalue weighted by molar-refractivity contribution is 5.40. The Morgan fingerprint density at radius 1 is 1.54 bits per heavy atom. The molecule has 13 heavy (non-hydrogen) atoms. The van der Waals surface area contributed by atoms with Gasteiger partial charge in [-0.3, -0.25) is 0 Å². The topological polar surface area (TPSA) is 64.9 Å². The van der Waals surface area contributed by atoms with Crippen molar-refractivity contribution in [2.24, 2.45) is 11.7 Å². The lowest BCUT2D eigenvalue weighted by Crippen LogP contribution is -2.20. The number of anilines is 1. The zero-order valence-electron chi connectivity index (χ0n) is 8.20. The van der Waals surface area contributed by atoms with Gasteiger partial charge in [-0.1, -0.05) is 26.3 Å². The Bertz CT molecular complexity index is 273. The predicted molar refractivity (Wildman–Crippen MR) is 55.0 cm³/mol. The molecule has 1 heterocycles. The van der Waals surface area contributed by atoms with Gasteiger partial charge in [-0.2, -0.15) is 0 Å². The monoisotopic (exact) mass is 179 g/mol. The van der Waals surface area contributed by atoms with Crippen LogP contribution >= 0.6 is 0 Å². The Morgan fingerprint density at radius 2 is 2.23 bits per heavy atom. The van der Waals surface area contributed by atoms with Crippen LogP contribution in [0.4, 0.5) is 5.82 Å². The molecule has 0 radical (unpaired) electrons. The van der Waals surface area contributed by atoms with Crippen molar-refractivity contribution < 1.29 is 0 Å². The molecule has 1 aromatic heterocycles. The van der Waals surface area contributed by atoms with Crippen LogP contribution in [-0.2, 0) is 0 Å². The standard InChI is InChI=1S/C10H17N3/c1-3-7(2)9(11)8-5-4-6-13-10(8)12/h4-7,9H,3,11H2,1-2H3,(H2,12,13)/t7?,9-/m0/s1. The summed E-state index contributed by atoms with van der Waals surface area (Å²) >= 11 is 0. The second-order valence-corrected chi connectivity index (χ2v) is 3.39. The Kier molecular flexibility index (Phi) is 3.25. The molecule has 0 saturated carbocycles. The van der Waals surface area contributed by atoms with E-state index in [9.17, 15) is 0 Å². The third-order valence-corrected chi connectivity index (χ3v) is 2.49. The van der Waals surface area contributed by atoms with Crippen molar-refractivity contribution in [1.29, 1.82) is 0 Å². The minimum absolute atomic E-state index is 0.00120. The molecule has 1 aromatic rings. The van der Waals surface area contributed by atoms with E-state index in [4.69, 9.17) is 11.5 Å². The summed E-state index contributed by atoms with van der Waals surface area (Å²) in [5.41, 5.74) is 12.7. The van der Waals surface area contributed by atoms with Crippen molar-refractivity contribution >= 4 is 5.82 Å². The molecule has 0 aliphatic carbocycles. The molecular formula is C10H17N3. The molecule has 0 bridgehead atoms. The average Bonchev–Trinajstić information content (AvgIpc) is 2.16. The lowest BCUT2D eigenvalue weighted by molar-refractivity contribution is 0.457. The van der Waals surface area contributed by atoms with E-state index < -0.39 is 0 Å². The maximum absolute atomic E-state index is 6.03. The van der Waals surface area contributed by atoms with E-state index in [-0.39, 0.29) is 6.04 Å². The summed E-state index contributed by atoms with van der Waals surface area (Å²) in [6, 6.07) is 3.81. The number of aromatic nitrogens is 1. The molecule has 2 atom stereocenters. The molecule has 0 aliphatic heterocycles. The van der Waals surface area contributed by atoms with Crippen LogP contribution in [-0.4, -0.2) is 4.98 Å². The summed E-state index contributed by atoms with van der Waals surface area (Å²) < 4.78 is 0. The first-order chi connectivity index (χ1) is 6.16. The molecule has 72 valence electrons. The Morgan fingerprint density at radius 3 is 2.77 bits per heavy atom. The third-order valence-electron chi connectivity index (χ3n) is 2.49. The van der Waals surface area contributed by atoms with Gasteiger partial charge < -0.3 is 11.5 Å². The molecule has 3 heteroatoms. The Hall–Kier alpha value is -1.09. The number of rotatable bonds is 3. The third kappa shape index (κ3) is 2.18. The van der Waals surface area contributed by atoms with Crippen molar-refractivity contribution in [2.45, 2.75) is 26.3 Å². The van der Waals surface area contributed by atoms with Crippen molar-refractivity contribution in [3.63, 3.8) is 0 Å². The lowest BCUT2D eigenvalue weighted by Gasteiger charge is -2.19. The fourth-order valence-corrected chi connectivity index (χ4v) is 1.27. The average molecular weight is 179 g/mol. The number of hydrogen-bond donors (Lipinski definition) is 2. The molecule has 0 spiro atoms. The molecule has 0 aliphatic rings. The Balaban J connectivity index is 2.88. The fraction of sp³-hybridized carbons (Fsp3) is 0.500. The zero-order valence-corrected chi connectivity index (χ0v) is 8.20. The number of nitrogens with zero attached hydrogens (tertiary/aromatic N) is 1. The van der Waals surface area contributed by atoms with Gasteiger partial charge in [-0.25, -0.2) is 4.98 Å². The first-order valence-corrected chi connectivity index (χ1v) is 4.62. The molecule has 1 unspecified atom stereocenters. The van der Waals surface area contributed by atoms with Gasteiger partial charge in [0.1, 0.15) is 5.82 Å². The van der Waals surface area contributed by atoms with Crippen molar-refractivity contribution in [1.82, 2.24) is 4.98 Å². The van der Waals surface area contributed by atoms with E-state index in [1.165, 1.54) is 0 Å². The van der Waals surface area contributed by atoms with Crippen LogP contribution in [0.3, 0.4) is 0 Å². The first-order valence-electron chi connectivity index (χ1n) is 4.62. The van der Waals surface area contributed by atoms with Crippen molar-refractivity contribution in [3.05, 3.63) is 23.9 Å². The smallest absolute Gasteiger partial charge is 0.128 e.